The van der Waals surface area contributed by atoms with Crippen molar-refractivity contribution < 1.29 is 18.3 Å². The molecule has 148 valence electrons. The quantitative estimate of drug-likeness (QED) is 0.497. The van der Waals surface area contributed by atoms with Gasteiger partial charge < -0.3 is 13.7 Å². The molecule has 0 aliphatic heterocycles. The topological polar surface area (TPSA) is 40.5 Å². The molecule has 1 aliphatic rings. The van der Waals surface area contributed by atoms with E-state index in [1.165, 1.54) is 19.2 Å². The largest absolute Gasteiger partial charge is 0.465 e. The molecule has 0 amide bonds. The van der Waals surface area contributed by atoms with Gasteiger partial charge in [0.25, 0.3) is 0 Å². The molecule has 1 aromatic carbocycles. The first-order valence-electron chi connectivity index (χ1n) is 9.60. The van der Waals surface area contributed by atoms with E-state index < -0.39 is 14.3 Å². The number of rotatable bonds is 4. The molecule has 0 N–H and O–H groups in total. The minimum atomic E-state index is -1.81. The fourth-order valence-electron chi connectivity index (χ4n) is 3.67. The van der Waals surface area contributed by atoms with Gasteiger partial charge in [-0.05, 0) is 55.6 Å². The number of hydrogen-bond donors (Lipinski definition) is 0. The van der Waals surface area contributed by atoms with E-state index in [2.05, 4.69) is 38.4 Å². The van der Waals surface area contributed by atoms with Gasteiger partial charge in [-0.15, -0.1) is 0 Å². The zero-order chi connectivity index (χ0) is 20.0. The second kappa shape index (κ2) is 7.06. The number of esters is 1. The highest BCUT2D eigenvalue weighted by molar-refractivity contribution is 6.74. The van der Waals surface area contributed by atoms with E-state index >= 15 is 0 Å². The molecule has 1 fully saturated rings. The zero-order valence-corrected chi connectivity index (χ0v) is 18.1. The number of carbonyl (C=O) groups is 1. The monoisotopic (exact) mass is 391 g/mol. The Bertz CT molecular complexity index is 853. The zero-order valence-electron chi connectivity index (χ0n) is 17.1. The molecule has 0 saturated heterocycles. The fourth-order valence-corrected chi connectivity index (χ4v) is 5.07. The van der Waals surface area contributed by atoms with Gasteiger partial charge in [0.2, 0.25) is 0 Å². The van der Waals surface area contributed by atoms with Gasteiger partial charge in [0, 0.05) is 29.2 Å². The maximum Gasteiger partial charge on any atom is 0.340 e. The molecule has 27 heavy (non-hydrogen) atoms. The average molecular weight is 392 g/mol. The van der Waals surface area contributed by atoms with Gasteiger partial charge in [-0.25, -0.2) is 9.18 Å². The molecule has 3 rings (SSSR count). The van der Waals surface area contributed by atoms with Crippen molar-refractivity contribution in [2.75, 3.05) is 7.11 Å². The van der Waals surface area contributed by atoms with Crippen LogP contribution < -0.4 is 0 Å². The number of fused-ring (bicyclic) bond motifs is 1. The number of halogens is 1. The molecular formula is C21H30FNO3Si. The summed E-state index contributed by atoms with van der Waals surface area (Å²) >= 11 is 0. The molecular weight excluding hydrogens is 361 g/mol. The predicted octanol–water partition coefficient (Wildman–Crippen LogP) is 5.68. The lowest BCUT2D eigenvalue weighted by molar-refractivity contribution is 0.0602. The van der Waals surface area contributed by atoms with E-state index in [1.54, 1.807) is 6.07 Å². The summed E-state index contributed by atoms with van der Waals surface area (Å²) in [6, 6.07) is 4.85. The fraction of sp³-hybridized carbons (Fsp3) is 0.571. The van der Waals surface area contributed by atoms with Gasteiger partial charge in [-0.3, -0.25) is 0 Å². The number of carbonyl (C=O) groups excluding carboxylic acids is 1. The molecule has 1 saturated carbocycles. The van der Waals surface area contributed by atoms with Gasteiger partial charge in [0.05, 0.1) is 12.7 Å². The van der Waals surface area contributed by atoms with Gasteiger partial charge in [-0.2, -0.15) is 0 Å². The number of benzene rings is 1. The molecule has 0 bridgehead atoms. The van der Waals surface area contributed by atoms with Crippen LogP contribution in [0, 0.1) is 5.82 Å². The van der Waals surface area contributed by atoms with Crippen LogP contribution >= 0.6 is 0 Å². The number of aromatic nitrogens is 1. The maximum atomic E-state index is 13.8. The van der Waals surface area contributed by atoms with Crippen LogP contribution in [0.2, 0.25) is 18.1 Å². The lowest BCUT2D eigenvalue weighted by Crippen LogP contribution is -2.43. The van der Waals surface area contributed by atoms with E-state index in [0.29, 0.717) is 10.9 Å². The summed E-state index contributed by atoms with van der Waals surface area (Å²) in [5, 5.41) is 0.788. The molecule has 2 aromatic rings. The highest BCUT2D eigenvalue weighted by atomic mass is 28.4. The Kier molecular flexibility index (Phi) is 5.25. The number of ether oxygens (including phenoxy) is 1. The molecule has 1 aromatic heterocycles. The standard InChI is InChI=1S/C21H30FNO3Si/c1-21(2,3)27(5,6)26-16-9-8-15(12-16)23-13-18(20(24)25-4)17-11-14(22)7-10-19(17)23/h7,10-11,13,15-16H,8-9,12H2,1-6H3/t15-,16+/m0/s1. The molecule has 2 atom stereocenters. The van der Waals surface area contributed by atoms with Crippen molar-refractivity contribution in [1.29, 1.82) is 0 Å². The van der Waals surface area contributed by atoms with Crippen LogP contribution in [0.15, 0.2) is 24.4 Å². The summed E-state index contributed by atoms with van der Waals surface area (Å²) in [7, 11) is -0.462. The van der Waals surface area contributed by atoms with Crippen molar-refractivity contribution in [3.05, 3.63) is 35.8 Å². The minimum absolute atomic E-state index is 0.181. The van der Waals surface area contributed by atoms with Crippen LogP contribution in [0.3, 0.4) is 0 Å². The predicted molar refractivity (Wildman–Crippen MR) is 108 cm³/mol. The van der Waals surface area contributed by atoms with E-state index in [0.717, 1.165) is 24.8 Å². The van der Waals surface area contributed by atoms with Crippen molar-refractivity contribution in [1.82, 2.24) is 4.57 Å². The van der Waals surface area contributed by atoms with Crippen LogP contribution in [-0.2, 0) is 9.16 Å². The Labute approximate surface area is 161 Å². The van der Waals surface area contributed by atoms with E-state index in [9.17, 15) is 9.18 Å². The Morgan fingerprint density at radius 3 is 2.59 bits per heavy atom. The number of hydrogen-bond acceptors (Lipinski definition) is 3. The molecule has 0 radical (unpaired) electrons. The first-order chi connectivity index (χ1) is 12.5. The normalized spacial score (nSPS) is 21.0. The third-order valence-electron chi connectivity index (χ3n) is 6.22. The SMILES string of the molecule is COC(=O)c1cn([C@H]2CC[C@@H](O[Si](C)(C)C(C)(C)C)C2)c2ccc(F)cc12. The van der Waals surface area contributed by atoms with Crippen molar-refractivity contribution >= 4 is 25.2 Å². The number of methoxy groups -OCH3 is 1. The molecule has 1 heterocycles. The van der Waals surface area contributed by atoms with Gasteiger partial charge in [0.1, 0.15) is 5.82 Å². The van der Waals surface area contributed by atoms with E-state index in [4.69, 9.17) is 9.16 Å². The smallest absolute Gasteiger partial charge is 0.340 e. The summed E-state index contributed by atoms with van der Waals surface area (Å²) in [6.07, 6.45) is 4.95. The Hall–Kier alpha value is -1.66. The number of nitrogens with zero attached hydrogens (tertiary/aromatic N) is 1. The van der Waals surface area contributed by atoms with Gasteiger partial charge in [0.15, 0.2) is 8.32 Å². The van der Waals surface area contributed by atoms with Crippen LogP contribution in [0.4, 0.5) is 4.39 Å². The Morgan fingerprint density at radius 2 is 1.96 bits per heavy atom. The van der Waals surface area contributed by atoms with Gasteiger partial charge >= 0.3 is 5.97 Å². The first kappa shape index (κ1) is 20.1. The lowest BCUT2D eigenvalue weighted by atomic mass is 10.1. The highest BCUT2D eigenvalue weighted by Gasteiger charge is 2.41. The van der Waals surface area contributed by atoms with Crippen molar-refractivity contribution in [2.24, 2.45) is 0 Å². The highest BCUT2D eigenvalue weighted by Crippen LogP contribution is 2.42. The van der Waals surface area contributed by atoms with Crippen LogP contribution in [0.1, 0.15) is 56.4 Å². The van der Waals surface area contributed by atoms with E-state index in [1.807, 2.05) is 6.20 Å². The van der Waals surface area contributed by atoms with Gasteiger partial charge in [-0.1, -0.05) is 20.8 Å². The Morgan fingerprint density at radius 1 is 1.26 bits per heavy atom. The van der Waals surface area contributed by atoms with Crippen LogP contribution in [0.5, 0.6) is 0 Å². The minimum Gasteiger partial charge on any atom is -0.465 e. The summed E-state index contributed by atoms with van der Waals surface area (Å²) in [5.41, 5.74) is 1.29. The van der Waals surface area contributed by atoms with E-state index in [-0.39, 0.29) is 23.0 Å². The summed E-state index contributed by atoms with van der Waals surface area (Å²) in [6.45, 7) is 11.3. The molecule has 1 aliphatic carbocycles. The summed E-state index contributed by atoms with van der Waals surface area (Å²) in [4.78, 5) is 12.2. The lowest BCUT2D eigenvalue weighted by Gasteiger charge is -2.38. The second-order valence-corrected chi connectivity index (χ2v) is 13.8. The summed E-state index contributed by atoms with van der Waals surface area (Å²) < 4.78 is 27.3. The van der Waals surface area contributed by atoms with Crippen LogP contribution in [-0.4, -0.2) is 32.1 Å². The van der Waals surface area contributed by atoms with Crippen molar-refractivity contribution in [3.8, 4) is 0 Å². The summed E-state index contributed by atoms with van der Waals surface area (Å²) in [5.74, 6) is -0.785. The second-order valence-electron chi connectivity index (χ2n) is 9.07. The molecule has 0 unspecified atom stereocenters. The maximum absolute atomic E-state index is 13.8. The molecule has 0 spiro atoms. The Balaban J connectivity index is 1.88. The average Bonchev–Trinajstić information content (AvgIpc) is 3.16. The third kappa shape index (κ3) is 3.83. The van der Waals surface area contributed by atoms with Crippen molar-refractivity contribution in [3.63, 3.8) is 0 Å². The first-order valence-corrected chi connectivity index (χ1v) is 12.5. The van der Waals surface area contributed by atoms with Crippen molar-refractivity contribution in [2.45, 2.75) is 70.3 Å². The van der Waals surface area contributed by atoms with Crippen LogP contribution in [0.25, 0.3) is 10.9 Å². The molecule has 6 heteroatoms. The third-order valence-corrected chi connectivity index (χ3v) is 10.8. The molecule has 4 nitrogen and oxygen atoms in total.